The highest BCUT2D eigenvalue weighted by atomic mass is 19.3. The van der Waals surface area contributed by atoms with Gasteiger partial charge in [0.15, 0.2) is 6.29 Å². The van der Waals surface area contributed by atoms with Crippen LogP contribution in [0.5, 0.6) is 0 Å². The summed E-state index contributed by atoms with van der Waals surface area (Å²) in [6, 6.07) is 3.62. The minimum absolute atomic E-state index is 0.114. The molecule has 1 aromatic carbocycles. The van der Waals surface area contributed by atoms with Gasteiger partial charge in [0.1, 0.15) is 5.82 Å². The molecule has 0 aliphatic carbocycles. The summed E-state index contributed by atoms with van der Waals surface area (Å²) in [4.78, 5) is 12.2. The number of rotatable bonds is 2. The van der Waals surface area contributed by atoms with Crippen LogP contribution in [0.2, 0.25) is 0 Å². The number of hydrogen-bond acceptors (Lipinski definition) is 2. The Morgan fingerprint density at radius 3 is 2.76 bits per heavy atom. The van der Waals surface area contributed by atoms with E-state index in [1.807, 2.05) is 0 Å². The average molecular weight is 243 g/mol. The molecule has 5 heteroatoms. The van der Waals surface area contributed by atoms with Crippen molar-refractivity contribution in [1.82, 2.24) is 0 Å². The maximum atomic E-state index is 13.3. The van der Waals surface area contributed by atoms with Crippen LogP contribution in [0, 0.1) is 5.82 Å². The Kier molecular flexibility index (Phi) is 3.09. The van der Waals surface area contributed by atoms with E-state index in [0.717, 1.165) is 6.07 Å². The zero-order valence-electron chi connectivity index (χ0n) is 9.13. The lowest BCUT2D eigenvalue weighted by atomic mass is 10.0. The minimum atomic E-state index is -2.74. The van der Waals surface area contributed by atoms with Gasteiger partial charge in [-0.05, 0) is 24.6 Å². The van der Waals surface area contributed by atoms with Crippen LogP contribution >= 0.6 is 0 Å². The lowest BCUT2D eigenvalue weighted by molar-refractivity contribution is -0.0117. The van der Waals surface area contributed by atoms with E-state index >= 15 is 0 Å². The van der Waals surface area contributed by atoms with Gasteiger partial charge in [0, 0.05) is 24.2 Å². The third kappa shape index (κ3) is 2.60. The van der Waals surface area contributed by atoms with Gasteiger partial charge in [-0.3, -0.25) is 4.79 Å². The van der Waals surface area contributed by atoms with Crippen molar-refractivity contribution in [2.24, 2.45) is 0 Å². The first-order chi connectivity index (χ1) is 8.02. The summed E-state index contributed by atoms with van der Waals surface area (Å²) in [6.07, 6.45) is 0.717. The number of hydrogen-bond donors (Lipinski definition) is 0. The second-order valence-corrected chi connectivity index (χ2v) is 4.20. The van der Waals surface area contributed by atoms with E-state index < -0.39 is 18.3 Å². The molecular weight excluding hydrogens is 231 g/mol. The van der Waals surface area contributed by atoms with Gasteiger partial charge < -0.3 is 4.90 Å². The van der Waals surface area contributed by atoms with E-state index in [1.54, 1.807) is 0 Å². The zero-order chi connectivity index (χ0) is 12.5. The molecule has 0 unspecified atom stereocenters. The van der Waals surface area contributed by atoms with Crippen molar-refractivity contribution in [3.63, 3.8) is 0 Å². The summed E-state index contributed by atoms with van der Waals surface area (Å²) in [5, 5.41) is 0. The topological polar surface area (TPSA) is 20.3 Å². The lowest BCUT2D eigenvalue weighted by Gasteiger charge is -2.34. The fourth-order valence-electron chi connectivity index (χ4n) is 2.08. The van der Waals surface area contributed by atoms with Crippen molar-refractivity contribution >= 4 is 12.0 Å². The predicted octanol–water partition coefficient (Wildman–Crippen LogP) is 2.87. The summed E-state index contributed by atoms with van der Waals surface area (Å²) in [5.74, 6) is -3.29. The molecule has 0 amide bonds. The van der Waals surface area contributed by atoms with Crippen molar-refractivity contribution in [3.05, 3.63) is 29.6 Å². The average Bonchev–Trinajstić information content (AvgIpc) is 2.27. The molecule has 2 rings (SSSR count). The van der Waals surface area contributed by atoms with Crippen molar-refractivity contribution < 1.29 is 18.0 Å². The highest BCUT2D eigenvalue weighted by Crippen LogP contribution is 2.31. The molecule has 1 aliphatic rings. The Morgan fingerprint density at radius 1 is 1.35 bits per heavy atom. The van der Waals surface area contributed by atoms with Crippen LogP contribution in [0.25, 0.3) is 0 Å². The molecule has 0 radical (unpaired) electrons. The van der Waals surface area contributed by atoms with Crippen molar-refractivity contribution in [1.29, 1.82) is 0 Å². The zero-order valence-corrected chi connectivity index (χ0v) is 9.13. The number of alkyl halides is 2. The normalized spacial score (nSPS) is 19.1. The van der Waals surface area contributed by atoms with Crippen LogP contribution in [0.1, 0.15) is 23.2 Å². The Labute approximate surface area is 97.0 Å². The van der Waals surface area contributed by atoms with Crippen LogP contribution in [0.4, 0.5) is 18.9 Å². The van der Waals surface area contributed by atoms with Gasteiger partial charge in [0.05, 0.1) is 6.54 Å². The standard InChI is InChI=1S/C12H12F3NO/c13-10-2-3-11(9(6-10)7-17)16-5-1-4-12(14,15)8-16/h2-3,6-7H,1,4-5,8H2. The molecule has 0 atom stereocenters. The number of halogens is 3. The fraction of sp³-hybridized carbons (Fsp3) is 0.417. The number of anilines is 1. The molecule has 17 heavy (non-hydrogen) atoms. The first-order valence-corrected chi connectivity index (χ1v) is 5.39. The molecule has 0 bridgehead atoms. The second-order valence-electron chi connectivity index (χ2n) is 4.20. The number of benzene rings is 1. The third-order valence-corrected chi connectivity index (χ3v) is 2.85. The summed E-state index contributed by atoms with van der Waals surface area (Å²) in [6.45, 7) is 0.0432. The summed E-state index contributed by atoms with van der Waals surface area (Å²) in [7, 11) is 0. The minimum Gasteiger partial charge on any atom is -0.365 e. The van der Waals surface area contributed by atoms with Crippen LogP contribution in [-0.4, -0.2) is 25.3 Å². The van der Waals surface area contributed by atoms with Crippen molar-refractivity contribution in [3.8, 4) is 0 Å². The van der Waals surface area contributed by atoms with Gasteiger partial charge in [-0.15, -0.1) is 0 Å². The van der Waals surface area contributed by atoms with Crippen LogP contribution in [0.3, 0.4) is 0 Å². The maximum absolute atomic E-state index is 13.3. The highest BCUT2D eigenvalue weighted by Gasteiger charge is 2.35. The second kappa shape index (κ2) is 4.39. The summed E-state index contributed by atoms with van der Waals surface area (Å²) >= 11 is 0. The quantitative estimate of drug-likeness (QED) is 0.744. The number of piperidine rings is 1. The number of carbonyl (C=O) groups is 1. The van der Waals surface area contributed by atoms with Gasteiger partial charge in [-0.1, -0.05) is 0 Å². The number of nitrogens with zero attached hydrogens (tertiary/aromatic N) is 1. The monoisotopic (exact) mass is 243 g/mol. The van der Waals surface area contributed by atoms with Crippen molar-refractivity contribution in [2.45, 2.75) is 18.8 Å². The van der Waals surface area contributed by atoms with Crippen LogP contribution in [0.15, 0.2) is 18.2 Å². The highest BCUT2D eigenvalue weighted by molar-refractivity contribution is 5.84. The Balaban J connectivity index is 2.30. The van der Waals surface area contributed by atoms with E-state index in [0.29, 0.717) is 24.9 Å². The number of aldehydes is 1. The Hall–Kier alpha value is -1.52. The van der Waals surface area contributed by atoms with E-state index in [2.05, 4.69) is 0 Å². The largest absolute Gasteiger partial charge is 0.365 e. The first-order valence-electron chi connectivity index (χ1n) is 5.39. The summed E-state index contributed by atoms with van der Waals surface area (Å²) in [5.41, 5.74) is 0.489. The van der Waals surface area contributed by atoms with Crippen molar-refractivity contribution in [2.75, 3.05) is 18.0 Å². The summed E-state index contributed by atoms with van der Waals surface area (Å²) < 4.78 is 39.4. The molecule has 0 aromatic heterocycles. The van der Waals surface area contributed by atoms with Gasteiger partial charge >= 0.3 is 0 Å². The van der Waals surface area contributed by atoms with Gasteiger partial charge in [0.25, 0.3) is 5.92 Å². The van der Waals surface area contributed by atoms with E-state index in [4.69, 9.17) is 0 Å². The van der Waals surface area contributed by atoms with E-state index in [-0.39, 0.29) is 12.0 Å². The molecule has 0 N–H and O–H groups in total. The van der Waals surface area contributed by atoms with Gasteiger partial charge in [-0.25, -0.2) is 13.2 Å². The first kappa shape index (κ1) is 12.0. The molecule has 1 fully saturated rings. The van der Waals surface area contributed by atoms with Crippen LogP contribution < -0.4 is 4.90 Å². The molecular formula is C12H12F3NO. The molecule has 1 aliphatic heterocycles. The Morgan fingerprint density at radius 2 is 2.12 bits per heavy atom. The fourth-order valence-corrected chi connectivity index (χ4v) is 2.08. The molecule has 0 saturated carbocycles. The van der Waals surface area contributed by atoms with Crippen LogP contribution in [-0.2, 0) is 0 Å². The predicted molar refractivity (Wildman–Crippen MR) is 58.2 cm³/mol. The van der Waals surface area contributed by atoms with Gasteiger partial charge in [-0.2, -0.15) is 0 Å². The molecule has 1 aromatic rings. The SMILES string of the molecule is O=Cc1cc(F)ccc1N1CCCC(F)(F)C1. The van der Waals surface area contributed by atoms with E-state index in [1.165, 1.54) is 17.0 Å². The molecule has 92 valence electrons. The maximum Gasteiger partial charge on any atom is 0.265 e. The molecule has 1 saturated heterocycles. The van der Waals surface area contributed by atoms with Gasteiger partial charge in [0.2, 0.25) is 0 Å². The third-order valence-electron chi connectivity index (χ3n) is 2.85. The smallest absolute Gasteiger partial charge is 0.265 e. The Bertz CT molecular complexity index is 434. The molecule has 1 heterocycles. The van der Waals surface area contributed by atoms with E-state index in [9.17, 15) is 18.0 Å². The lowest BCUT2D eigenvalue weighted by Crippen LogP contribution is -2.43. The molecule has 2 nitrogen and oxygen atoms in total. The number of carbonyl (C=O) groups excluding carboxylic acids is 1. The molecule has 0 spiro atoms.